The van der Waals surface area contributed by atoms with E-state index in [1.54, 1.807) is 12.4 Å². The van der Waals surface area contributed by atoms with Crippen molar-refractivity contribution in [1.82, 2.24) is 19.9 Å². The molecule has 0 aliphatic heterocycles. The maximum Gasteiger partial charge on any atom is 0.224 e. The first kappa shape index (κ1) is 19.0. The van der Waals surface area contributed by atoms with Gasteiger partial charge in [0.25, 0.3) is 0 Å². The standard InChI is InChI=1S/C20H21N5OS/c1-13-17(14(2)24-20(23-13)27-3)9-10-18(26)25-16-11-21-19(22-12-16)15-7-5-4-6-8-15/h4-8,11-12H,9-10H2,1-3H3,(H,25,26). The van der Waals surface area contributed by atoms with Crippen LogP contribution in [0, 0.1) is 13.8 Å². The molecule has 27 heavy (non-hydrogen) atoms. The lowest BCUT2D eigenvalue weighted by Crippen LogP contribution is -2.14. The molecule has 2 heterocycles. The molecular formula is C20H21N5OS. The van der Waals surface area contributed by atoms with E-state index in [0.717, 1.165) is 27.7 Å². The molecule has 0 aliphatic carbocycles. The molecule has 138 valence electrons. The Bertz CT molecular complexity index is 906. The number of nitrogens with zero attached hydrogens (tertiary/aromatic N) is 4. The molecule has 0 saturated heterocycles. The number of hydrogen-bond acceptors (Lipinski definition) is 6. The first-order chi connectivity index (χ1) is 13.1. The predicted molar refractivity (Wildman–Crippen MR) is 108 cm³/mol. The molecule has 0 fully saturated rings. The maximum absolute atomic E-state index is 12.3. The lowest BCUT2D eigenvalue weighted by atomic mass is 10.1. The normalized spacial score (nSPS) is 10.6. The molecule has 0 radical (unpaired) electrons. The van der Waals surface area contributed by atoms with E-state index in [1.807, 2.05) is 50.4 Å². The van der Waals surface area contributed by atoms with Crippen molar-refractivity contribution in [3.63, 3.8) is 0 Å². The number of aryl methyl sites for hydroxylation is 2. The van der Waals surface area contributed by atoms with Crippen LogP contribution in [-0.2, 0) is 11.2 Å². The zero-order chi connectivity index (χ0) is 19.2. The monoisotopic (exact) mass is 379 g/mol. The van der Waals surface area contributed by atoms with Crippen LogP contribution in [0.1, 0.15) is 23.4 Å². The van der Waals surface area contributed by atoms with E-state index in [1.165, 1.54) is 11.8 Å². The lowest BCUT2D eigenvalue weighted by molar-refractivity contribution is -0.116. The molecule has 0 bridgehead atoms. The smallest absolute Gasteiger partial charge is 0.224 e. The molecule has 3 aromatic rings. The fourth-order valence-corrected chi connectivity index (χ4v) is 3.21. The number of rotatable bonds is 6. The van der Waals surface area contributed by atoms with Crippen LogP contribution < -0.4 is 5.32 Å². The van der Waals surface area contributed by atoms with Crippen LogP contribution in [0.2, 0.25) is 0 Å². The first-order valence-electron chi connectivity index (χ1n) is 8.62. The predicted octanol–water partition coefficient (Wildman–Crippen LogP) is 3.84. The molecule has 0 spiro atoms. The molecule has 0 aliphatic rings. The highest BCUT2D eigenvalue weighted by atomic mass is 32.2. The third kappa shape index (κ3) is 4.89. The van der Waals surface area contributed by atoms with Crippen molar-refractivity contribution in [3.05, 3.63) is 59.7 Å². The number of hydrogen-bond donors (Lipinski definition) is 1. The number of nitrogens with one attached hydrogen (secondary N) is 1. The van der Waals surface area contributed by atoms with Gasteiger partial charge in [-0.2, -0.15) is 0 Å². The zero-order valence-electron chi connectivity index (χ0n) is 15.6. The highest BCUT2D eigenvalue weighted by molar-refractivity contribution is 7.98. The molecule has 1 aromatic carbocycles. The molecule has 7 heteroatoms. The van der Waals surface area contributed by atoms with Gasteiger partial charge < -0.3 is 5.32 Å². The van der Waals surface area contributed by atoms with Crippen LogP contribution in [0.4, 0.5) is 5.69 Å². The van der Waals surface area contributed by atoms with Gasteiger partial charge in [0.1, 0.15) is 0 Å². The number of aromatic nitrogens is 4. The van der Waals surface area contributed by atoms with Gasteiger partial charge in [-0.15, -0.1) is 0 Å². The SMILES string of the molecule is CSc1nc(C)c(CCC(=O)Nc2cnc(-c3ccccc3)nc2)c(C)n1. The molecule has 0 atom stereocenters. The second-order valence-electron chi connectivity index (χ2n) is 6.07. The number of carbonyl (C=O) groups excluding carboxylic acids is 1. The molecule has 0 saturated carbocycles. The number of anilines is 1. The minimum absolute atomic E-state index is 0.0844. The largest absolute Gasteiger partial charge is 0.323 e. The van der Waals surface area contributed by atoms with Gasteiger partial charge in [-0.1, -0.05) is 42.1 Å². The lowest BCUT2D eigenvalue weighted by Gasteiger charge is -2.10. The van der Waals surface area contributed by atoms with Crippen molar-refractivity contribution in [3.8, 4) is 11.4 Å². The number of benzene rings is 1. The Labute approximate surface area is 162 Å². The summed E-state index contributed by atoms with van der Waals surface area (Å²) in [5.41, 5.74) is 4.40. The van der Waals surface area contributed by atoms with Crippen LogP contribution in [0.5, 0.6) is 0 Å². The van der Waals surface area contributed by atoms with Gasteiger partial charge in [-0.3, -0.25) is 4.79 Å². The van der Waals surface area contributed by atoms with Crippen molar-refractivity contribution >= 4 is 23.4 Å². The van der Waals surface area contributed by atoms with Crippen molar-refractivity contribution in [2.24, 2.45) is 0 Å². The Morgan fingerprint density at radius 3 is 2.26 bits per heavy atom. The van der Waals surface area contributed by atoms with Crippen LogP contribution >= 0.6 is 11.8 Å². The van der Waals surface area contributed by atoms with Gasteiger partial charge in [0.2, 0.25) is 5.91 Å². The summed E-state index contributed by atoms with van der Waals surface area (Å²) in [5, 5.41) is 3.60. The zero-order valence-corrected chi connectivity index (χ0v) is 16.4. The van der Waals surface area contributed by atoms with Crippen molar-refractivity contribution < 1.29 is 4.79 Å². The molecule has 0 unspecified atom stereocenters. The van der Waals surface area contributed by atoms with Gasteiger partial charge in [0.05, 0.1) is 18.1 Å². The van der Waals surface area contributed by atoms with E-state index in [0.29, 0.717) is 24.4 Å². The van der Waals surface area contributed by atoms with Gasteiger partial charge in [0.15, 0.2) is 11.0 Å². The summed E-state index contributed by atoms with van der Waals surface area (Å²) in [6.07, 6.45) is 6.15. The Hall–Kier alpha value is -2.80. The molecular weight excluding hydrogens is 358 g/mol. The van der Waals surface area contributed by atoms with Crippen molar-refractivity contribution in [2.75, 3.05) is 11.6 Å². The van der Waals surface area contributed by atoms with E-state index in [2.05, 4.69) is 25.3 Å². The summed E-state index contributed by atoms with van der Waals surface area (Å²) in [5.74, 6) is 0.546. The molecule has 1 N–H and O–H groups in total. The van der Waals surface area contributed by atoms with E-state index in [-0.39, 0.29) is 5.91 Å². The third-order valence-electron chi connectivity index (χ3n) is 4.15. The molecule has 1 amide bonds. The Kier molecular flexibility index (Phi) is 6.13. The van der Waals surface area contributed by atoms with Crippen LogP contribution in [-0.4, -0.2) is 32.1 Å². The fourth-order valence-electron chi connectivity index (χ4n) is 2.75. The van der Waals surface area contributed by atoms with Crippen LogP contribution in [0.3, 0.4) is 0 Å². The molecule has 3 rings (SSSR count). The van der Waals surface area contributed by atoms with Gasteiger partial charge in [-0.25, -0.2) is 19.9 Å². The first-order valence-corrected chi connectivity index (χ1v) is 9.84. The number of thioether (sulfide) groups is 1. The van der Waals surface area contributed by atoms with Gasteiger partial charge in [0, 0.05) is 23.4 Å². The fraction of sp³-hybridized carbons (Fsp3) is 0.250. The van der Waals surface area contributed by atoms with Crippen molar-refractivity contribution in [2.45, 2.75) is 31.8 Å². The quantitative estimate of drug-likeness (QED) is 0.518. The summed E-state index contributed by atoms with van der Waals surface area (Å²) >= 11 is 1.52. The highest BCUT2D eigenvalue weighted by Gasteiger charge is 2.11. The topological polar surface area (TPSA) is 80.7 Å². The highest BCUT2D eigenvalue weighted by Crippen LogP contribution is 2.18. The number of amides is 1. The third-order valence-corrected chi connectivity index (χ3v) is 4.70. The van der Waals surface area contributed by atoms with E-state index in [4.69, 9.17) is 0 Å². The van der Waals surface area contributed by atoms with Gasteiger partial charge >= 0.3 is 0 Å². The second kappa shape index (κ2) is 8.73. The second-order valence-corrected chi connectivity index (χ2v) is 6.84. The van der Waals surface area contributed by atoms with E-state index >= 15 is 0 Å². The van der Waals surface area contributed by atoms with Crippen LogP contribution in [0.25, 0.3) is 11.4 Å². The van der Waals surface area contributed by atoms with E-state index < -0.39 is 0 Å². The van der Waals surface area contributed by atoms with Crippen LogP contribution in [0.15, 0.2) is 47.9 Å². The molecule has 2 aromatic heterocycles. The van der Waals surface area contributed by atoms with E-state index in [9.17, 15) is 4.79 Å². The maximum atomic E-state index is 12.3. The Balaban J connectivity index is 1.60. The summed E-state index contributed by atoms with van der Waals surface area (Å²) in [7, 11) is 0. The Morgan fingerprint density at radius 1 is 1.04 bits per heavy atom. The van der Waals surface area contributed by atoms with Crippen molar-refractivity contribution in [1.29, 1.82) is 0 Å². The summed E-state index contributed by atoms with van der Waals surface area (Å²) < 4.78 is 0. The summed E-state index contributed by atoms with van der Waals surface area (Å²) in [6, 6.07) is 9.72. The molecule has 6 nitrogen and oxygen atoms in total. The minimum Gasteiger partial charge on any atom is -0.323 e. The minimum atomic E-state index is -0.0844. The average molecular weight is 379 g/mol. The summed E-state index contributed by atoms with van der Waals surface area (Å²) in [4.78, 5) is 29.8. The number of carbonyl (C=O) groups is 1. The van der Waals surface area contributed by atoms with Gasteiger partial charge in [-0.05, 0) is 32.1 Å². The Morgan fingerprint density at radius 2 is 1.67 bits per heavy atom. The average Bonchev–Trinajstić information content (AvgIpc) is 2.68. The summed E-state index contributed by atoms with van der Waals surface area (Å²) in [6.45, 7) is 3.91.